The molecule has 0 saturated heterocycles. The highest BCUT2D eigenvalue weighted by molar-refractivity contribution is 7.89. The van der Waals surface area contributed by atoms with Crippen molar-refractivity contribution in [2.75, 3.05) is 19.7 Å². The predicted molar refractivity (Wildman–Crippen MR) is 97.6 cm³/mol. The zero-order valence-electron chi connectivity index (χ0n) is 14.6. The van der Waals surface area contributed by atoms with E-state index in [0.29, 0.717) is 18.8 Å². The van der Waals surface area contributed by atoms with Crippen LogP contribution in [0.3, 0.4) is 0 Å². The first kappa shape index (κ1) is 20.3. The lowest BCUT2D eigenvalue weighted by Crippen LogP contribution is -2.30. The summed E-state index contributed by atoms with van der Waals surface area (Å²) >= 11 is 6.11. The molecule has 0 atom stereocenters. The minimum Gasteiger partial charge on any atom is -0.482 e. The standard InChI is InChI=1S/C17H21ClN2O5S/c1-3-20(4-2)26(22,23)14-7-8-16(15(18)10-14)25-12-17(21)19-11-13-6-5-9-24-13/h5-10H,3-4,11-12H2,1-2H3,(H,19,21). The van der Waals surface area contributed by atoms with Gasteiger partial charge in [-0.25, -0.2) is 8.42 Å². The van der Waals surface area contributed by atoms with Gasteiger partial charge >= 0.3 is 0 Å². The van der Waals surface area contributed by atoms with Crippen molar-refractivity contribution in [1.82, 2.24) is 9.62 Å². The van der Waals surface area contributed by atoms with Crippen molar-refractivity contribution in [2.24, 2.45) is 0 Å². The second-order valence-electron chi connectivity index (χ2n) is 5.33. The fraction of sp³-hybridized carbons (Fsp3) is 0.353. The lowest BCUT2D eigenvalue weighted by Gasteiger charge is -2.19. The third-order valence-corrected chi connectivity index (χ3v) is 5.99. The molecule has 1 heterocycles. The number of hydrogen-bond donors (Lipinski definition) is 1. The Balaban J connectivity index is 1.98. The van der Waals surface area contributed by atoms with Crippen LogP contribution in [0.5, 0.6) is 5.75 Å². The molecule has 2 rings (SSSR count). The SMILES string of the molecule is CCN(CC)S(=O)(=O)c1ccc(OCC(=O)NCc2ccco2)c(Cl)c1. The van der Waals surface area contributed by atoms with E-state index in [0.717, 1.165) is 0 Å². The van der Waals surface area contributed by atoms with Crippen LogP contribution in [0, 0.1) is 0 Å². The van der Waals surface area contributed by atoms with Gasteiger partial charge < -0.3 is 14.5 Å². The average Bonchev–Trinajstić information content (AvgIpc) is 3.13. The maximum absolute atomic E-state index is 12.5. The molecule has 0 radical (unpaired) electrons. The monoisotopic (exact) mass is 400 g/mol. The van der Waals surface area contributed by atoms with Crippen LogP contribution in [-0.4, -0.2) is 38.3 Å². The Bertz CT molecular complexity index is 833. The Morgan fingerprint density at radius 1 is 1.27 bits per heavy atom. The summed E-state index contributed by atoms with van der Waals surface area (Å²) in [6.07, 6.45) is 1.52. The van der Waals surface area contributed by atoms with Crippen LogP contribution < -0.4 is 10.1 Å². The zero-order valence-corrected chi connectivity index (χ0v) is 16.1. The molecule has 0 aliphatic rings. The Labute approximate surface area is 157 Å². The molecule has 0 unspecified atom stereocenters. The molecular formula is C17H21ClN2O5S. The third-order valence-electron chi connectivity index (χ3n) is 3.65. The van der Waals surface area contributed by atoms with Gasteiger partial charge in [0.15, 0.2) is 6.61 Å². The first-order chi connectivity index (χ1) is 12.4. The van der Waals surface area contributed by atoms with Gasteiger partial charge in [0.25, 0.3) is 5.91 Å². The predicted octanol–water partition coefficient (Wildman–Crippen LogP) is 2.66. The average molecular weight is 401 g/mol. The molecule has 0 aliphatic heterocycles. The number of carbonyl (C=O) groups is 1. The molecule has 7 nitrogen and oxygen atoms in total. The van der Waals surface area contributed by atoms with Crippen LogP contribution >= 0.6 is 11.6 Å². The smallest absolute Gasteiger partial charge is 0.258 e. The van der Waals surface area contributed by atoms with Crippen LogP contribution in [0.4, 0.5) is 0 Å². The molecule has 1 aromatic carbocycles. The Morgan fingerprint density at radius 2 is 2.00 bits per heavy atom. The number of rotatable bonds is 9. The van der Waals surface area contributed by atoms with Gasteiger partial charge in [-0.15, -0.1) is 0 Å². The van der Waals surface area contributed by atoms with E-state index < -0.39 is 10.0 Å². The highest BCUT2D eigenvalue weighted by Crippen LogP contribution is 2.28. The van der Waals surface area contributed by atoms with Gasteiger partial charge in [-0.2, -0.15) is 4.31 Å². The van der Waals surface area contributed by atoms with Crippen molar-refractivity contribution in [3.8, 4) is 5.75 Å². The van der Waals surface area contributed by atoms with Gasteiger partial charge in [0.1, 0.15) is 11.5 Å². The molecule has 142 valence electrons. The number of benzene rings is 1. The molecule has 2 aromatic rings. The summed E-state index contributed by atoms with van der Waals surface area (Å²) in [5, 5.41) is 2.76. The molecule has 0 spiro atoms. The second kappa shape index (κ2) is 9.07. The number of ether oxygens (including phenoxy) is 1. The van der Waals surface area contributed by atoms with E-state index in [1.54, 1.807) is 26.0 Å². The number of carbonyl (C=O) groups excluding carboxylic acids is 1. The number of amides is 1. The van der Waals surface area contributed by atoms with Gasteiger partial charge in [-0.05, 0) is 30.3 Å². The second-order valence-corrected chi connectivity index (χ2v) is 7.67. The summed E-state index contributed by atoms with van der Waals surface area (Å²) in [6, 6.07) is 7.65. The third kappa shape index (κ3) is 5.00. The van der Waals surface area contributed by atoms with Crippen molar-refractivity contribution < 1.29 is 22.4 Å². The number of sulfonamides is 1. The molecule has 26 heavy (non-hydrogen) atoms. The summed E-state index contributed by atoms with van der Waals surface area (Å²) in [4.78, 5) is 11.9. The minimum atomic E-state index is -3.60. The fourth-order valence-corrected chi connectivity index (χ4v) is 4.05. The molecule has 0 aliphatic carbocycles. The van der Waals surface area contributed by atoms with Crippen LogP contribution in [0.15, 0.2) is 45.9 Å². The van der Waals surface area contributed by atoms with Crippen LogP contribution in [0.25, 0.3) is 0 Å². The topological polar surface area (TPSA) is 88.8 Å². The normalized spacial score (nSPS) is 11.5. The van der Waals surface area contributed by atoms with E-state index in [1.165, 1.54) is 28.8 Å². The van der Waals surface area contributed by atoms with Crippen LogP contribution in [0.1, 0.15) is 19.6 Å². The van der Waals surface area contributed by atoms with E-state index >= 15 is 0 Å². The molecule has 9 heteroatoms. The van der Waals surface area contributed by atoms with E-state index in [9.17, 15) is 13.2 Å². The van der Waals surface area contributed by atoms with E-state index in [-0.39, 0.29) is 34.7 Å². The zero-order chi connectivity index (χ0) is 19.2. The summed E-state index contributed by atoms with van der Waals surface area (Å²) in [5.74, 6) is 0.512. The molecule has 1 aromatic heterocycles. The van der Waals surface area contributed by atoms with Gasteiger partial charge in [-0.1, -0.05) is 25.4 Å². The first-order valence-electron chi connectivity index (χ1n) is 8.10. The van der Waals surface area contributed by atoms with E-state index in [2.05, 4.69) is 5.32 Å². The highest BCUT2D eigenvalue weighted by Gasteiger charge is 2.22. The number of halogens is 1. The maximum Gasteiger partial charge on any atom is 0.258 e. The van der Waals surface area contributed by atoms with Crippen molar-refractivity contribution in [1.29, 1.82) is 0 Å². The lowest BCUT2D eigenvalue weighted by atomic mass is 10.3. The fourth-order valence-electron chi connectivity index (χ4n) is 2.26. The van der Waals surface area contributed by atoms with Crippen LogP contribution in [0.2, 0.25) is 5.02 Å². The van der Waals surface area contributed by atoms with Gasteiger partial charge in [-0.3, -0.25) is 4.79 Å². The Kier molecular flexibility index (Phi) is 7.07. The summed E-state index contributed by atoms with van der Waals surface area (Å²) in [7, 11) is -3.60. The quantitative estimate of drug-likeness (QED) is 0.699. The van der Waals surface area contributed by atoms with Gasteiger partial charge in [0.2, 0.25) is 10.0 Å². The largest absolute Gasteiger partial charge is 0.482 e. The number of hydrogen-bond acceptors (Lipinski definition) is 5. The molecule has 1 amide bonds. The Morgan fingerprint density at radius 3 is 2.58 bits per heavy atom. The van der Waals surface area contributed by atoms with Gasteiger partial charge in [0.05, 0.1) is 22.7 Å². The first-order valence-corrected chi connectivity index (χ1v) is 9.91. The minimum absolute atomic E-state index is 0.0841. The van der Waals surface area contributed by atoms with Crippen molar-refractivity contribution >= 4 is 27.5 Å². The molecular weight excluding hydrogens is 380 g/mol. The van der Waals surface area contributed by atoms with E-state index in [4.69, 9.17) is 20.8 Å². The summed E-state index contributed by atoms with van der Waals surface area (Å²) in [5.41, 5.74) is 0. The molecule has 0 bridgehead atoms. The Hall–Kier alpha value is -2.03. The van der Waals surface area contributed by atoms with Crippen molar-refractivity contribution in [2.45, 2.75) is 25.3 Å². The van der Waals surface area contributed by atoms with E-state index in [1.807, 2.05) is 0 Å². The lowest BCUT2D eigenvalue weighted by molar-refractivity contribution is -0.123. The number of furan rings is 1. The maximum atomic E-state index is 12.5. The highest BCUT2D eigenvalue weighted by atomic mass is 35.5. The number of nitrogens with zero attached hydrogens (tertiary/aromatic N) is 1. The van der Waals surface area contributed by atoms with Crippen molar-refractivity contribution in [3.05, 3.63) is 47.4 Å². The van der Waals surface area contributed by atoms with Crippen molar-refractivity contribution in [3.63, 3.8) is 0 Å². The molecule has 1 N–H and O–H groups in total. The van der Waals surface area contributed by atoms with Crippen LogP contribution in [-0.2, 0) is 21.4 Å². The number of nitrogens with one attached hydrogen (secondary N) is 1. The molecule has 0 fully saturated rings. The summed E-state index contributed by atoms with van der Waals surface area (Å²) < 4.78 is 36.8. The molecule has 0 saturated carbocycles. The van der Waals surface area contributed by atoms with Gasteiger partial charge in [0, 0.05) is 13.1 Å². The summed E-state index contributed by atoms with van der Waals surface area (Å²) in [6.45, 7) is 4.27.